The average molecular weight is 357 g/mol. The van der Waals surface area contributed by atoms with E-state index in [0.29, 0.717) is 5.56 Å². The molecule has 130 valence electrons. The van der Waals surface area contributed by atoms with Crippen molar-refractivity contribution in [2.75, 3.05) is 0 Å². The number of nitrogens with one attached hydrogen (secondary N) is 2. The zero-order valence-corrected chi connectivity index (χ0v) is 14.3. The first-order valence-electron chi connectivity index (χ1n) is 7.33. The van der Waals surface area contributed by atoms with Crippen LogP contribution in [0.3, 0.4) is 0 Å². The van der Waals surface area contributed by atoms with Gasteiger partial charge in [-0.3, -0.25) is 0 Å². The van der Waals surface area contributed by atoms with Gasteiger partial charge in [0.2, 0.25) is 0 Å². The standard InChI is InChI=1S/C16H18F3N3OS/c1-9-8-24-14(20-9)11(3)22-15(23)21-10(2)12-5-4-6-13(7-12)16(17,18)19/h4-8,10-11H,1-3H3,(H2,21,22,23). The molecule has 24 heavy (non-hydrogen) atoms. The third-order valence-corrected chi connectivity index (χ3v) is 4.56. The summed E-state index contributed by atoms with van der Waals surface area (Å²) >= 11 is 1.44. The lowest BCUT2D eigenvalue weighted by Gasteiger charge is -2.18. The Morgan fingerprint density at radius 3 is 2.46 bits per heavy atom. The van der Waals surface area contributed by atoms with Crippen molar-refractivity contribution in [3.63, 3.8) is 0 Å². The maximum absolute atomic E-state index is 12.8. The molecule has 0 spiro atoms. The van der Waals surface area contributed by atoms with Gasteiger partial charge in [-0.1, -0.05) is 12.1 Å². The van der Waals surface area contributed by atoms with Crippen LogP contribution in [0.15, 0.2) is 29.6 Å². The second-order valence-electron chi connectivity index (χ2n) is 5.51. The van der Waals surface area contributed by atoms with Gasteiger partial charge in [-0.05, 0) is 38.5 Å². The molecule has 2 unspecified atom stereocenters. The van der Waals surface area contributed by atoms with Gasteiger partial charge >= 0.3 is 12.2 Å². The minimum absolute atomic E-state index is 0.280. The summed E-state index contributed by atoms with van der Waals surface area (Å²) in [7, 11) is 0. The number of rotatable bonds is 4. The Balaban J connectivity index is 1.99. The number of hydrogen-bond acceptors (Lipinski definition) is 3. The van der Waals surface area contributed by atoms with Crippen LogP contribution in [0, 0.1) is 6.92 Å². The molecule has 2 atom stereocenters. The lowest BCUT2D eigenvalue weighted by molar-refractivity contribution is -0.137. The van der Waals surface area contributed by atoms with E-state index in [1.54, 1.807) is 19.9 Å². The number of halogens is 3. The topological polar surface area (TPSA) is 54.0 Å². The van der Waals surface area contributed by atoms with Crippen LogP contribution in [0.25, 0.3) is 0 Å². The minimum atomic E-state index is -4.41. The Labute approximate surface area is 142 Å². The maximum atomic E-state index is 12.8. The van der Waals surface area contributed by atoms with Crippen LogP contribution in [-0.2, 0) is 6.18 Å². The molecule has 0 aliphatic heterocycles. The van der Waals surface area contributed by atoms with Gasteiger partial charge in [0.15, 0.2) is 0 Å². The largest absolute Gasteiger partial charge is 0.416 e. The Bertz CT molecular complexity index is 715. The highest BCUT2D eigenvalue weighted by atomic mass is 32.1. The fourth-order valence-electron chi connectivity index (χ4n) is 2.14. The molecule has 2 rings (SSSR count). The molecule has 0 saturated carbocycles. The lowest BCUT2D eigenvalue weighted by atomic mass is 10.1. The summed E-state index contributed by atoms with van der Waals surface area (Å²) in [6.07, 6.45) is -4.41. The molecule has 2 amide bonds. The molecule has 2 aromatic rings. The third-order valence-electron chi connectivity index (χ3n) is 3.42. The summed E-state index contributed by atoms with van der Waals surface area (Å²) in [5, 5.41) is 8.03. The van der Waals surface area contributed by atoms with E-state index in [0.717, 1.165) is 22.8 Å². The monoisotopic (exact) mass is 357 g/mol. The molecular formula is C16H18F3N3OS. The van der Waals surface area contributed by atoms with E-state index < -0.39 is 23.8 Å². The van der Waals surface area contributed by atoms with Crippen molar-refractivity contribution in [3.8, 4) is 0 Å². The van der Waals surface area contributed by atoms with Crippen LogP contribution >= 0.6 is 11.3 Å². The van der Waals surface area contributed by atoms with Crippen molar-refractivity contribution in [3.05, 3.63) is 51.5 Å². The fraction of sp³-hybridized carbons (Fsp3) is 0.375. The van der Waals surface area contributed by atoms with Gasteiger partial charge in [0.25, 0.3) is 0 Å². The van der Waals surface area contributed by atoms with Crippen LogP contribution in [0.4, 0.5) is 18.0 Å². The zero-order valence-electron chi connectivity index (χ0n) is 13.4. The normalized spacial score (nSPS) is 14.1. The molecule has 1 heterocycles. The van der Waals surface area contributed by atoms with E-state index in [1.807, 2.05) is 12.3 Å². The smallest absolute Gasteiger partial charge is 0.332 e. The molecule has 0 bridgehead atoms. The molecule has 2 N–H and O–H groups in total. The Hall–Kier alpha value is -2.09. The highest BCUT2D eigenvalue weighted by molar-refractivity contribution is 7.09. The minimum Gasteiger partial charge on any atom is -0.332 e. The highest BCUT2D eigenvalue weighted by Gasteiger charge is 2.30. The number of aromatic nitrogens is 1. The number of hydrogen-bond donors (Lipinski definition) is 2. The second-order valence-corrected chi connectivity index (χ2v) is 6.40. The molecule has 1 aromatic carbocycles. The SMILES string of the molecule is Cc1csc(C(C)NC(=O)NC(C)c2cccc(C(F)(F)F)c2)n1. The highest BCUT2D eigenvalue weighted by Crippen LogP contribution is 2.30. The maximum Gasteiger partial charge on any atom is 0.416 e. The van der Waals surface area contributed by atoms with Gasteiger partial charge in [0, 0.05) is 11.1 Å². The molecule has 0 radical (unpaired) electrons. The number of benzene rings is 1. The van der Waals surface area contributed by atoms with Crippen molar-refractivity contribution in [1.82, 2.24) is 15.6 Å². The second kappa shape index (κ2) is 7.21. The summed E-state index contributed by atoms with van der Waals surface area (Å²) in [6.45, 7) is 5.29. The summed E-state index contributed by atoms with van der Waals surface area (Å²) in [5.41, 5.74) is 0.528. The quantitative estimate of drug-likeness (QED) is 0.841. The van der Waals surface area contributed by atoms with Crippen LogP contribution in [0.2, 0.25) is 0 Å². The number of carbonyl (C=O) groups excluding carboxylic acids is 1. The number of thiazole rings is 1. The molecule has 0 aliphatic rings. The predicted molar refractivity (Wildman–Crippen MR) is 86.8 cm³/mol. The summed E-state index contributed by atoms with van der Waals surface area (Å²) < 4.78 is 38.3. The molecule has 1 aromatic heterocycles. The van der Waals surface area contributed by atoms with Crippen LogP contribution in [0.1, 0.15) is 47.8 Å². The predicted octanol–water partition coefficient (Wildman–Crippen LogP) is 4.59. The Morgan fingerprint density at radius 1 is 1.21 bits per heavy atom. The van der Waals surface area contributed by atoms with Crippen molar-refractivity contribution in [2.24, 2.45) is 0 Å². The van der Waals surface area contributed by atoms with Gasteiger partial charge in [-0.2, -0.15) is 13.2 Å². The van der Waals surface area contributed by atoms with Crippen molar-refractivity contribution in [2.45, 2.75) is 39.0 Å². The van der Waals surface area contributed by atoms with E-state index >= 15 is 0 Å². The molecule has 0 aliphatic carbocycles. The molecule has 4 nitrogen and oxygen atoms in total. The average Bonchev–Trinajstić information content (AvgIpc) is 2.93. The first-order chi connectivity index (χ1) is 11.2. The number of nitrogens with zero attached hydrogens (tertiary/aromatic N) is 1. The van der Waals surface area contributed by atoms with E-state index in [9.17, 15) is 18.0 Å². The number of aryl methyl sites for hydroxylation is 1. The van der Waals surface area contributed by atoms with E-state index in [1.165, 1.54) is 17.4 Å². The zero-order chi connectivity index (χ0) is 17.9. The van der Waals surface area contributed by atoms with Crippen molar-refractivity contribution >= 4 is 17.4 Å². The molecular weight excluding hydrogens is 339 g/mol. The summed E-state index contributed by atoms with van der Waals surface area (Å²) in [4.78, 5) is 16.3. The lowest BCUT2D eigenvalue weighted by Crippen LogP contribution is -2.38. The van der Waals surface area contributed by atoms with Crippen molar-refractivity contribution < 1.29 is 18.0 Å². The van der Waals surface area contributed by atoms with Crippen LogP contribution in [-0.4, -0.2) is 11.0 Å². The van der Waals surface area contributed by atoms with Gasteiger partial charge in [0.05, 0.1) is 17.6 Å². The van der Waals surface area contributed by atoms with Crippen LogP contribution in [0.5, 0.6) is 0 Å². The third kappa shape index (κ3) is 4.70. The fourth-order valence-corrected chi connectivity index (χ4v) is 2.94. The van der Waals surface area contributed by atoms with Gasteiger partial charge < -0.3 is 10.6 Å². The number of urea groups is 1. The van der Waals surface area contributed by atoms with E-state index in [4.69, 9.17) is 0 Å². The summed E-state index contributed by atoms with van der Waals surface area (Å²) in [6, 6.07) is 3.63. The molecule has 0 fully saturated rings. The Kier molecular flexibility index (Phi) is 5.48. The number of alkyl halides is 3. The first kappa shape index (κ1) is 18.3. The van der Waals surface area contributed by atoms with Crippen molar-refractivity contribution in [1.29, 1.82) is 0 Å². The van der Waals surface area contributed by atoms with Crippen LogP contribution < -0.4 is 10.6 Å². The Morgan fingerprint density at radius 2 is 1.88 bits per heavy atom. The molecule has 0 saturated heterocycles. The van der Waals surface area contributed by atoms with Gasteiger partial charge in [-0.15, -0.1) is 11.3 Å². The van der Waals surface area contributed by atoms with E-state index in [-0.39, 0.29) is 6.04 Å². The number of carbonyl (C=O) groups is 1. The first-order valence-corrected chi connectivity index (χ1v) is 8.21. The summed E-state index contributed by atoms with van der Waals surface area (Å²) in [5.74, 6) is 0. The van der Waals surface area contributed by atoms with E-state index in [2.05, 4.69) is 15.6 Å². The van der Waals surface area contributed by atoms with Gasteiger partial charge in [0.1, 0.15) is 5.01 Å². The molecule has 8 heteroatoms. The van der Waals surface area contributed by atoms with Gasteiger partial charge in [-0.25, -0.2) is 9.78 Å². The number of amides is 2.